The fourth-order valence-corrected chi connectivity index (χ4v) is 3.08. The van der Waals surface area contributed by atoms with Crippen LogP contribution in [0.15, 0.2) is 53.6 Å². The molecule has 4 rings (SSSR count). The molecule has 2 aromatic heterocycles. The van der Waals surface area contributed by atoms with E-state index >= 15 is 0 Å². The molecule has 0 aliphatic carbocycles. The molecule has 0 amide bonds. The summed E-state index contributed by atoms with van der Waals surface area (Å²) in [6.07, 6.45) is 3.48. The van der Waals surface area contributed by atoms with Crippen LogP contribution in [-0.4, -0.2) is 53.2 Å². The summed E-state index contributed by atoms with van der Waals surface area (Å²) in [5.74, 6) is 2.08. The first-order chi connectivity index (χ1) is 13.2. The van der Waals surface area contributed by atoms with Crippen molar-refractivity contribution < 1.29 is 4.74 Å². The lowest BCUT2D eigenvalue weighted by Gasteiger charge is -2.34. The van der Waals surface area contributed by atoms with E-state index in [0.717, 1.165) is 43.4 Å². The van der Waals surface area contributed by atoms with Gasteiger partial charge in [-0.05, 0) is 30.3 Å². The number of aromatic amines is 1. The van der Waals surface area contributed by atoms with Crippen LogP contribution < -0.4 is 20.1 Å². The lowest BCUT2D eigenvalue weighted by molar-refractivity contribution is 0.415. The van der Waals surface area contributed by atoms with Gasteiger partial charge in [-0.3, -0.25) is 9.78 Å². The molecule has 3 heterocycles. The van der Waals surface area contributed by atoms with Crippen molar-refractivity contribution in [3.8, 4) is 17.0 Å². The van der Waals surface area contributed by atoms with Gasteiger partial charge >= 0.3 is 0 Å². The lowest BCUT2D eigenvalue weighted by atomic mass is 10.1. The average molecular weight is 364 g/mol. The smallest absolute Gasteiger partial charge is 0.252 e. The highest BCUT2D eigenvalue weighted by Gasteiger charge is 2.21. The third kappa shape index (κ3) is 3.74. The highest BCUT2D eigenvalue weighted by Crippen LogP contribution is 2.21. The zero-order valence-electron chi connectivity index (χ0n) is 15.0. The summed E-state index contributed by atoms with van der Waals surface area (Å²) < 4.78 is 5.18. The molecule has 0 saturated carbocycles. The Morgan fingerprint density at radius 1 is 1.00 bits per heavy atom. The number of methoxy groups -OCH3 is 1. The van der Waals surface area contributed by atoms with Gasteiger partial charge in [0.25, 0.3) is 5.56 Å². The van der Waals surface area contributed by atoms with Crippen LogP contribution in [0.5, 0.6) is 5.75 Å². The average Bonchev–Trinajstić information content (AvgIpc) is 2.74. The van der Waals surface area contributed by atoms with E-state index in [0.29, 0.717) is 11.6 Å². The number of benzene rings is 1. The first-order valence-corrected chi connectivity index (χ1v) is 8.75. The van der Waals surface area contributed by atoms with Crippen molar-refractivity contribution in [1.29, 1.82) is 0 Å². The Morgan fingerprint density at radius 2 is 1.67 bits per heavy atom. The number of aromatic nitrogens is 4. The Labute approximate surface area is 156 Å². The van der Waals surface area contributed by atoms with E-state index in [2.05, 4.69) is 29.7 Å². The van der Waals surface area contributed by atoms with E-state index in [9.17, 15) is 4.79 Å². The molecule has 1 fully saturated rings. The SMILES string of the molecule is COc1ccc(-c2cc(=O)[nH]c(N3CCN(c4ncccn4)CC3)n2)cc1. The topological polar surface area (TPSA) is 87.2 Å². The number of rotatable bonds is 4. The van der Waals surface area contributed by atoms with E-state index in [1.165, 1.54) is 6.07 Å². The third-order valence-electron chi connectivity index (χ3n) is 4.53. The summed E-state index contributed by atoms with van der Waals surface area (Å²) >= 11 is 0. The van der Waals surface area contributed by atoms with Gasteiger partial charge in [-0.25, -0.2) is 15.0 Å². The van der Waals surface area contributed by atoms with Crippen LogP contribution in [-0.2, 0) is 0 Å². The standard InChI is InChI=1S/C19H20N6O2/c1-27-15-5-3-14(4-6-15)16-13-17(26)23-19(22-16)25-11-9-24(10-12-25)18-20-7-2-8-21-18/h2-8,13H,9-12H2,1H3,(H,22,23,26). The quantitative estimate of drug-likeness (QED) is 0.752. The maximum atomic E-state index is 12.2. The zero-order valence-corrected chi connectivity index (χ0v) is 15.0. The fraction of sp³-hybridized carbons (Fsp3) is 0.263. The van der Waals surface area contributed by atoms with Gasteiger partial charge < -0.3 is 14.5 Å². The number of nitrogens with zero attached hydrogens (tertiary/aromatic N) is 5. The number of ether oxygens (including phenoxy) is 1. The van der Waals surface area contributed by atoms with Crippen molar-refractivity contribution in [1.82, 2.24) is 19.9 Å². The van der Waals surface area contributed by atoms with Crippen LogP contribution in [0, 0.1) is 0 Å². The van der Waals surface area contributed by atoms with Crippen LogP contribution in [0.25, 0.3) is 11.3 Å². The van der Waals surface area contributed by atoms with E-state index in [-0.39, 0.29) is 5.56 Å². The Balaban J connectivity index is 1.52. The molecule has 138 valence electrons. The lowest BCUT2D eigenvalue weighted by Crippen LogP contribution is -2.48. The molecule has 1 aliphatic rings. The number of hydrogen-bond acceptors (Lipinski definition) is 7. The maximum absolute atomic E-state index is 12.2. The van der Waals surface area contributed by atoms with Crippen molar-refractivity contribution in [3.63, 3.8) is 0 Å². The normalized spacial score (nSPS) is 14.3. The van der Waals surface area contributed by atoms with Crippen molar-refractivity contribution in [2.24, 2.45) is 0 Å². The van der Waals surface area contributed by atoms with Crippen molar-refractivity contribution in [2.45, 2.75) is 0 Å². The molecule has 0 spiro atoms. The Bertz CT molecular complexity index is 950. The first kappa shape index (κ1) is 17.0. The van der Waals surface area contributed by atoms with Gasteiger partial charge in [-0.15, -0.1) is 0 Å². The van der Waals surface area contributed by atoms with Gasteiger partial charge in [0, 0.05) is 50.2 Å². The highest BCUT2D eigenvalue weighted by molar-refractivity contribution is 5.61. The van der Waals surface area contributed by atoms with E-state index in [1.807, 2.05) is 24.3 Å². The van der Waals surface area contributed by atoms with Crippen LogP contribution in [0.1, 0.15) is 0 Å². The van der Waals surface area contributed by atoms with Crippen molar-refractivity contribution >= 4 is 11.9 Å². The number of anilines is 2. The monoisotopic (exact) mass is 364 g/mol. The van der Waals surface area contributed by atoms with Gasteiger partial charge in [0.2, 0.25) is 11.9 Å². The molecule has 8 heteroatoms. The first-order valence-electron chi connectivity index (χ1n) is 8.75. The fourth-order valence-electron chi connectivity index (χ4n) is 3.08. The Morgan fingerprint density at radius 3 is 2.33 bits per heavy atom. The predicted octanol–water partition coefficient (Wildman–Crippen LogP) is 1.56. The molecule has 0 unspecified atom stereocenters. The van der Waals surface area contributed by atoms with Crippen LogP contribution >= 0.6 is 0 Å². The maximum Gasteiger partial charge on any atom is 0.252 e. The molecule has 8 nitrogen and oxygen atoms in total. The van der Waals surface area contributed by atoms with Gasteiger partial charge in [0.05, 0.1) is 12.8 Å². The minimum atomic E-state index is -0.167. The summed E-state index contributed by atoms with van der Waals surface area (Å²) in [5.41, 5.74) is 1.35. The third-order valence-corrected chi connectivity index (χ3v) is 4.53. The minimum Gasteiger partial charge on any atom is -0.497 e. The second kappa shape index (κ2) is 7.45. The minimum absolute atomic E-state index is 0.167. The molecule has 1 aromatic carbocycles. The number of piperazine rings is 1. The molecule has 1 N–H and O–H groups in total. The van der Waals surface area contributed by atoms with E-state index in [4.69, 9.17) is 4.74 Å². The molecule has 1 saturated heterocycles. The molecule has 0 bridgehead atoms. The highest BCUT2D eigenvalue weighted by atomic mass is 16.5. The number of nitrogens with one attached hydrogen (secondary N) is 1. The Hall–Kier alpha value is -3.42. The second-order valence-corrected chi connectivity index (χ2v) is 6.21. The molecule has 0 atom stereocenters. The summed E-state index contributed by atoms with van der Waals surface area (Å²) in [7, 11) is 1.62. The summed E-state index contributed by atoms with van der Waals surface area (Å²) in [5, 5.41) is 0. The van der Waals surface area contributed by atoms with Gasteiger partial charge in [-0.1, -0.05) is 0 Å². The van der Waals surface area contributed by atoms with Gasteiger partial charge in [0.15, 0.2) is 0 Å². The molecule has 1 aliphatic heterocycles. The molecule has 3 aromatic rings. The summed E-state index contributed by atoms with van der Waals surface area (Å²) in [6, 6.07) is 10.8. The predicted molar refractivity (Wildman–Crippen MR) is 103 cm³/mol. The van der Waals surface area contributed by atoms with Crippen molar-refractivity contribution in [3.05, 3.63) is 59.1 Å². The van der Waals surface area contributed by atoms with E-state index < -0.39 is 0 Å². The van der Waals surface area contributed by atoms with Gasteiger partial charge in [0.1, 0.15) is 5.75 Å². The number of hydrogen-bond donors (Lipinski definition) is 1. The molecular weight excluding hydrogens is 344 g/mol. The summed E-state index contributed by atoms with van der Waals surface area (Å²) in [4.78, 5) is 32.5. The molecule has 0 radical (unpaired) electrons. The number of H-pyrrole nitrogens is 1. The molecule has 27 heavy (non-hydrogen) atoms. The Kier molecular flexibility index (Phi) is 4.69. The van der Waals surface area contributed by atoms with Gasteiger partial charge in [-0.2, -0.15) is 0 Å². The van der Waals surface area contributed by atoms with Crippen molar-refractivity contribution in [2.75, 3.05) is 43.1 Å². The molecular formula is C19H20N6O2. The van der Waals surface area contributed by atoms with E-state index in [1.54, 1.807) is 25.6 Å². The van der Waals surface area contributed by atoms with Crippen LogP contribution in [0.2, 0.25) is 0 Å². The second-order valence-electron chi connectivity index (χ2n) is 6.21. The zero-order chi connectivity index (χ0) is 18.6. The van der Waals surface area contributed by atoms with Crippen LogP contribution in [0.4, 0.5) is 11.9 Å². The largest absolute Gasteiger partial charge is 0.497 e. The summed E-state index contributed by atoms with van der Waals surface area (Å²) in [6.45, 7) is 2.99. The van der Waals surface area contributed by atoms with Crippen LogP contribution in [0.3, 0.4) is 0 Å².